The number of anilines is 1. The molecule has 1 aromatic heterocycles. The number of aryl methyl sites for hydroxylation is 1. The largest absolute Gasteiger partial charge is 0.326 e. The lowest BCUT2D eigenvalue weighted by molar-refractivity contribution is 0.0979. The lowest BCUT2D eigenvalue weighted by Crippen LogP contribution is -2.32. The van der Waals surface area contributed by atoms with Crippen LogP contribution in [0.5, 0.6) is 0 Å². The Hall–Kier alpha value is -2.14. The Bertz CT molecular complexity index is 559. The fraction of sp³-hybridized carbons (Fsp3) is 0.286. The Morgan fingerprint density at radius 3 is 2.47 bits per heavy atom. The number of carbonyl (C=O) groups is 1. The van der Waals surface area contributed by atoms with Gasteiger partial charge in [0.2, 0.25) is 0 Å². The summed E-state index contributed by atoms with van der Waals surface area (Å²) in [6.45, 7) is 3.05. The molecule has 0 saturated heterocycles. The highest BCUT2D eigenvalue weighted by molar-refractivity contribution is 6.04. The van der Waals surface area contributed by atoms with Crippen molar-refractivity contribution >= 4 is 11.6 Å². The van der Waals surface area contributed by atoms with Crippen molar-refractivity contribution < 1.29 is 4.79 Å². The van der Waals surface area contributed by atoms with Crippen molar-refractivity contribution in [1.82, 2.24) is 9.78 Å². The highest BCUT2D eigenvalue weighted by Crippen LogP contribution is 2.17. The molecular weight excluding hydrogens is 240 g/mol. The maximum atomic E-state index is 12.5. The molecule has 100 valence electrons. The quantitative estimate of drug-likeness (QED) is 0.904. The molecule has 0 unspecified atom stereocenters. The van der Waals surface area contributed by atoms with E-state index in [1.54, 1.807) is 28.9 Å². The first-order chi connectivity index (χ1) is 9.17. The zero-order valence-electron chi connectivity index (χ0n) is 11.2. The highest BCUT2D eigenvalue weighted by Gasteiger charge is 2.18. The predicted octanol–water partition coefficient (Wildman–Crippen LogP) is 1.55. The van der Waals surface area contributed by atoms with E-state index in [9.17, 15) is 4.79 Å². The molecule has 2 aromatic rings. The number of carbonyl (C=O) groups excluding carboxylic acids is 1. The monoisotopic (exact) mass is 258 g/mol. The van der Waals surface area contributed by atoms with Gasteiger partial charge in [-0.15, -0.1) is 0 Å². The molecule has 2 rings (SSSR count). The molecule has 1 heterocycles. The molecule has 1 amide bonds. The van der Waals surface area contributed by atoms with Gasteiger partial charge in [-0.1, -0.05) is 12.1 Å². The van der Waals surface area contributed by atoms with E-state index in [0.717, 1.165) is 11.3 Å². The van der Waals surface area contributed by atoms with Gasteiger partial charge in [0.1, 0.15) is 5.69 Å². The number of rotatable bonds is 4. The second-order valence-electron chi connectivity index (χ2n) is 4.26. The van der Waals surface area contributed by atoms with Crippen LogP contribution in [0.2, 0.25) is 0 Å². The third kappa shape index (κ3) is 2.66. The smallest absolute Gasteiger partial charge is 0.276 e. The van der Waals surface area contributed by atoms with E-state index in [1.807, 2.05) is 31.2 Å². The molecule has 5 nitrogen and oxygen atoms in total. The van der Waals surface area contributed by atoms with E-state index in [2.05, 4.69) is 5.10 Å². The third-order valence-electron chi connectivity index (χ3n) is 3.09. The standard InChI is InChI=1S/C14H18N4O/c1-3-18(12-6-4-11(10-15)5-7-12)14(19)13-8-9-16-17(13)2/h4-9H,3,10,15H2,1-2H3. The molecular formula is C14H18N4O. The van der Waals surface area contributed by atoms with Gasteiger partial charge >= 0.3 is 0 Å². The number of aromatic nitrogens is 2. The number of nitrogens with two attached hydrogens (primary N) is 1. The van der Waals surface area contributed by atoms with Crippen LogP contribution in [-0.4, -0.2) is 22.2 Å². The van der Waals surface area contributed by atoms with Crippen LogP contribution >= 0.6 is 0 Å². The topological polar surface area (TPSA) is 64.2 Å². The van der Waals surface area contributed by atoms with E-state index < -0.39 is 0 Å². The molecule has 0 aliphatic carbocycles. The fourth-order valence-corrected chi connectivity index (χ4v) is 1.98. The number of hydrogen-bond donors (Lipinski definition) is 1. The predicted molar refractivity (Wildman–Crippen MR) is 74.9 cm³/mol. The van der Waals surface area contributed by atoms with Gasteiger partial charge in [-0.2, -0.15) is 5.10 Å². The van der Waals surface area contributed by atoms with Crippen molar-refractivity contribution in [1.29, 1.82) is 0 Å². The first kappa shape index (κ1) is 13.3. The first-order valence-electron chi connectivity index (χ1n) is 6.26. The summed E-state index contributed by atoms with van der Waals surface area (Å²) in [4.78, 5) is 14.2. The Morgan fingerprint density at radius 1 is 1.32 bits per heavy atom. The van der Waals surface area contributed by atoms with Crippen LogP contribution < -0.4 is 10.6 Å². The van der Waals surface area contributed by atoms with E-state index in [4.69, 9.17) is 5.73 Å². The molecule has 0 saturated carbocycles. The van der Waals surface area contributed by atoms with Gasteiger partial charge in [0, 0.05) is 32.0 Å². The molecule has 0 atom stereocenters. The van der Waals surface area contributed by atoms with Crippen molar-refractivity contribution in [2.75, 3.05) is 11.4 Å². The van der Waals surface area contributed by atoms with Gasteiger partial charge in [0.05, 0.1) is 0 Å². The molecule has 0 bridgehead atoms. The van der Waals surface area contributed by atoms with Crippen LogP contribution in [0.3, 0.4) is 0 Å². The molecule has 19 heavy (non-hydrogen) atoms. The minimum atomic E-state index is -0.0528. The Labute approximate surface area is 112 Å². The average molecular weight is 258 g/mol. The maximum absolute atomic E-state index is 12.5. The van der Waals surface area contributed by atoms with Crippen LogP contribution in [0.4, 0.5) is 5.69 Å². The van der Waals surface area contributed by atoms with E-state index in [0.29, 0.717) is 18.8 Å². The average Bonchev–Trinajstić information content (AvgIpc) is 2.86. The molecule has 0 aliphatic rings. The number of nitrogens with zero attached hydrogens (tertiary/aromatic N) is 3. The molecule has 1 aromatic carbocycles. The summed E-state index contributed by atoms with van der Waals surface area (Å²) in [7, 11) is 1.76. The van der Waals surface area contributed by atoms with Gasteiger partial charge in [0.15, 0.2) is 0 Å². The Kier molecular flexibility index (Phi) is 3.97. The SMILES string of the molecule is CCN(C(=O)c1ccnn1C)c1ccc(CN)cc1. The third-order valence-corrected chi connectivity index (χ3v) is 3.09. The summed E-state index contributed by atoms with van der Waals surface area (Å²) in [6, 6.07) is 9.43. The molecule has 0 radical (unpaired) electrons. The van der Waals surface area contributed by atoms with Crippen LogP contribution in [0.25, 0.3) is 0 Å². The Morgan fingerprint density at radius 2 is 2.00 bits per heavy atom. The summed E-state index contributed by atoms with van der Waals surface area (Å²) in [5, 5.41) is 4.03. The van der Waals surface area contributed by atoms with Crippen LogP contribution in [0.1, 0.15) is 23.0 Å². The van der Waals surface area contributed by atoms with Gasteiger partial charge in [-0.3, -0.25) is 9.48 Å². The number of amides is 1. The van der Waals surface area contributed by atoms with E-state index in [1.165, 1.54) is 0 Å². The van der Waals surface area contributed by atoms with Gasteiger partial charge in [-0.05, 0) is 30.7 Å². The summed E-state index contributed by atoms with van der Waals surface area (Å²) < 4.78 is 1.58. The minimum absolute atomic E-state index is 0.0528. The molecule has 0 fully saturated rings. The number of benzene rings is 1. The summed E-state index contributed by atoms with van der Waals surface area (Å²) in [5.41, 5.74) is 8.06. The van der Waals surface area contributed by atoms with Crippen LogP contribution in [0.15, 0.2) is 36.5 Å². The molecule has 0 spiro atoms. The summed E-state index contributed by atoms with van der Waals surface area (Å²) >= 11 is 0. The molecule has 5 heteroatoms. The van der Waals surface area contributed by atoms with Crippen molar-refractivity contribution in [3.63, 3.8) is 0 Å². The fourth-order valence-electron chi connectivity index (χ4n) is 1.98. The van der Waals surface area contributed by atoms with Gasteiger partial charge < -0.3 is 10.6 Å². The Balaban J connectivity index is 2.29. The summed E-state index contributed by atoms with van der Waals surface area (Å²) in [5.74, 6) is -0.0528. The lowest BCUT2D eigenvalue weighted by Gasteiger charge is -2.21. The lowest BCUT2D eigenvalue weighted by atomic mass is 10.2. The van der Waals surface area contributed by atoms with E-state index in [-0.39, 0.29) is 5.91 Å². The minimum Gasteiger partial charge on any atom is -0.326 e. The molecule has 0 aliphatic heterocycles. The zero-order chi connectivity index (χ0) is 13.8. The number of hydrogen-bond acceptors (Lipinski definition) is 3. The van der Waals surface area contributed by atoms with Gasteiger partial charge in [0.25, 0.3) is 5.91 Å². The van der Waals surface area contributed by atoms with Crippen LogP contribution in [-0.2, 0) is 13.6 Å². The van der Waals surface area contributed by atoms with E-state index >= 15 is 0 Å². The maximum Gasteiger partial charge on any atom is 0.276 e. The van der Waals surface area contributed by atoms with Crippen molar-refractivity contribution in [3.8, 4) is 0 Å². The van der Waals surface area contributed by atoms with Crippen molar-refractivity contribution in [2.45, 2.75) is 13.5 Å². The molecule has 2 N–H and O–H groups in total. The summed E-state index contributed by atoms with van der Waals surface area (Å²) in [6.07, 6.45) is 1.62. The van der Waals surface area contributed by atoms with Crippen molar-refractivity contribution in [2.24, 2.45) is 12.8 Å². The van der Waals surface area contributed by atoms with Crippen LogP contribution in [0, 0.1) is 0 Å². The normalized spacial score (nSPS) is 10.5. The van der Waals surface area contributed by atoms with Crippen molar-refractivity contribution in [3.05, 3.63) is 47.8 Å². The zero-order valence-corrected chi connectivity index (χ0v) is 11.2. The second kappa shape index (κ2) is 5.67. The highest BCUT2D eigenvalue weighted by atomic mass is 16.2. The second-order valence-corrected chi connectivity index (χ2v) is 4.26. The van der Waals surface area contributed by atoms with Gasteiger partial charge in [-0.25, -0.2) is 0 Å². The first-order valence-corrected chi connectivity index (χ1v) is 6.26.